The number of aromatic nitrogens is 4. The lowest BCUT2D eigenvalue weighted by Crippen LogP contribution is -2.38. The summed E-state index contributed by atoms with van der Waals surface area (Å²) in [4.78, 5) is 15.1. The molecule has 7 aromatic carbocycles. The second-order valence-electron chi connectivity index (χ2n) is 17.3. The van der Waals surface area contributed by atoms with Crippen molar-refractivity contribution < 1.29 is 38.3 Å². The minimum absolute atomic E-state index is 0.0695. The van der Waals surface area contributed by atoms with Crippen LogP contribution in [0.5, 0.6) is 23.0 Å². The number of fused-ring (bicyclic) bond motifs is 1. The summed E-state index contributed by atoms with van der Waals surface area (Å²) < 4.78 is 45.0. The van der Waals surface area contributed by atoms with Crippen LogP contribution in [0.3, 0.4) is 0 Å². The molecule has 12 nitrogen and oxygen atoms in total. The monoisotopic (exact) mass is 978 g/mol. The van der Waals surface area contributed by atoms with E-state index in [9.17, 15) is 5.11 Å². The lowest BCUT2D eigenvalue weighted by molar-refractivity contribution is -0.0931. The summed E-state index contributed by atoms with van der Waals surface area (Å²) in [6.45, 7) is 0.355. The normalized spacial score (nSPS) is 15.9. The van der Waals surface area contributed by atoms with Gasteiger partial charge in [0.15, 0.2) is 5.65 Å². The SMILES string of the molecule is COc1ccc(C(OCc2cccc(Sc3ncnc4c3ncn4[C@H]3C[C@H](O)[C@@H](COC(c4ccccc4)(c4ccc(OC)cc4)c4ccc(OC)cc4)O3)c2)(c2ccccc2)c2ccc(OC)cc2)cc1. The number of nitrogens with zero attached hydrogens (tertiary/aromatic N) is 4. The highest BCUT2D eigenvalue weighted by Gasteiger charge is 2.43. The Bertz CT molecular complexity index is 3100. The summed E-state index contributed by atoms with van der Waals surface area (Å²) in [5, 5.41) is 12.3. The molecular formula is C59H54N4O8S. The van der Waals surface area contributed by atoms with Crippen LogP contribution in [-0.2, 0) is 32.0 Å². The fraction of sp³-hybridized carbons (Fsp3) is 0.203. The van der Waals surface area contributed by atoms with Crippen LogP contribution in [0, 0.1) is 0 Å². The van der Waals surface area contributed by atoms with Crippen LogP contribution in [0.25, 0.3) is 11.2 Å². The van der Waals surface area contributed by atoms with E-state index < -0.39 is 29.6 Å². The topological polar surface area (TPSA) is 128 Å². The van der Waals surface area contributed by atoms with Crippen molar-refractivity contribution in [3.63, 3.8) is 0 Å². The van der Waals surface area contributed by atoms with Gasteiger partial charge in [-0.1, -0.05) is 133 Å². The third kappa shape index (κ3) is 9.52. The predicted molar refractivity (Wildman–Crippen MR) is 276 cm³/mol. The first-order valence-corrected chi connectivity index (χ1v) is 24.4. The average Bonchev–Trinajstić information content (AvgIpc) is 4.06. The Balaban J connectivity index is 0.897. The molecule has 1 N–H and O–H groups in total. The number of benzene rings is 7. The number of rotatable bonds is 19. The molecule has 1 fully saturated rings. The number of ether oxygens (including phenoxy) is 7. The Morgan fingerprint density at radius 1 is 0.556 bits per heavy atom. The van der Waals surface area contributed by atoms with Gasteiger partial charge in [0.2, 0.25) is 0 Å². The smallest absolute Gasteiger partial charge is 0.166 e. The lowest BCUT2D eigenvalue weighted by Gasteiger charge is -2.37. The van der Waals surface area contributed by atoms with Gasteiger partial charge in [-0.05, 0) is 99.6 Å². The third-order valence-electron chi connectivity index (χ3n) is 13.2. The molecule has 0 aliphatic carbocycles. The summed E-state index contributed by atoms with van der Waals surface area (Å²) in [5.41, 5.74) is 5.66. The molecule has 0 spiro atoms. The fourth-order valence-corrected chi connectivity index (χ4v) is 10.4. The highest BCUT2D eigenvalue weighted by molar-refractivity contribution is 7.99. The van der Waals surface area contributed by atoms with Gasteiger partial charge in [-0.15, -0.1) is 0 Å². The number of aliphatic hydroxyl groups is 1. The maximum absolute atomic E-state index is 11.7. The predicted octanol–water partition coefficient (Wildman–Crippen LogP) is 11.2. The molecule has 0 radical (unpaired) electrons. The zero-order valence-electron chi connectivity index (χ0n) is 40.3. The van der Waals surface area contributed by atoms with E-state index in [4.69, 9.17) is 43.1 Å². The van der Waals surface area contributed by atoms with E-state index in [2.05, 4.69) is 53.5 Å². The standard InChI is InChI=1S/C59H54N4O8S/c1-65-47-26-18-43(19-27-47)58(41-13-7-5-8-14-41,44-20-28-48(66-2)29-21-44)69-36-40-12-11-17-51(34-40)72-57-55-56(60-38-61-57)63(39-62-55)54-35-52(64)53(71-54)37-70-59(42-15-9-6-10-16-42,45-22-30-49(67-3)31-23-45)46-24-32-50(68-4)33-25-46/h5-34,38-39,52-54,64H,35-37H2,1-4H3/t52-,53+,54+/m0/s1. The van der Waals surface area contributed by atoms with Crippen molar-refractivity contribution in [1.29, 1.82) is 0 Å². The van der Waals surface area contributed by atoms with Gasteiger partial charge < -0.3 is 38.3 Å². The number of aliphatic hydroxyl groups excluding tert-OH is 1. The van der Waals surface area contributed by atoms with Gasteiger partial charge in [-0.3, -0.25) is 4.57 Å². The van der Waals surface area contributed by atoms with E-state index >= 15 is 0 Å². The zero-order valence-corrected chi connectivity index (χ0v) is 41.1. The lowest BCUT2D eigenvalue weighted by atomic mass is 9.80. The van der Waals surface area contributed by atoms with E-state index in [1.54, 1.807) is 34.8 Å². The molecule has 1 aliphatic rings. The number of hydrogen-bond donors (Lipinski definition) is 1. The van der Waals surface area contributed by atoms with Crippen LogP contribution >= 0.6 is 11.8 Å². The van der Waals surface area contributed by atoms with Crippen molar-refractivity contribution in [1.82, 2.24) is 19.5 Å². The number of imidazole rings is 1. The van der Waals surface area contributed by atoms with Crippen LogP contribution in [0.2, 0.25) is 0 Å². The van der Waals surface area contributed by atoms with Gasteiger partial charge in [0.25, 0.3) is 0 Å². The van der Waals surface area contributed by atoms with Crippen molar-refractivity contribution in [3.05, 3.63) is 234 Å². The molecule has 0 amide bonds. The molecule has 3 atom stereocenters. The van der Waals surface area contributed by atoms with Crippen LogP contribution in [-0.4, -0.2) is 71.9 Å². The second-order valence-corrected chi connectivity index (χ2v) is 18.4. The number of hydrogen-bond acceptors (Lipinski definition) is 12. The summed E-state index contributed by atoms with van der Waals surface area (Å²) in [7, 11) is 6.62. The molecule has 2 aromatic heterocycles. The Kier molecular flexibility index (Phi) is 14.3. The quantitative estimate of drug-likeness (QED) is 0.0612. The molecule has 1 saturated heterocycles. The molecule has 72 heavy (non-hydrogen) atoms. The highest BCUT2D eigenvalue weighted by Crippen LogP contribution is 2.45. The van der Waals surface area contributed by atoms with Gasteiger partial charge in [0, 0.05) is 11.3 Å². The van der Waals surface area contributed by atoms with Gasteiger partial charge in [0.1, 0.15) is 63.4 Å². The van der Waals surface area contributed by atoms with Gasteiger partial charge >= 0.3 is 0 Å². The van der Waals surface area contributed by atoms with E-state index in [0.717, 1.165) is 66.8 Å². The average molecular weight is 979 g/mol. The minimum atomic E-state index is -1.08. The summed E-state index contributed by atoms with van der Waals surface area (Å²) in [6, 6.07) is 60.3. The highest BCUT2D eigenvalue weighted by atomic mass is 32.2. The van der Waals surface area contributed by atoms with Crippen LogP contribution in [0.15, 0.2) is 205 Å². The maximum Gasteiger partial charge on any atom is 0.166 e. The number of methoxy groups -OCH3 is 4. The van der Waals surface area contributed by atoms with Gasteiger partial charge in [0.05, 0.1) is 54.1 Å². The van der Waals surface area contributed by atoms with Crippen molar-refractivity contribution in [2.75, 3.05) is 35.0 Å². The molecule has 364 valence electrons. The Morgan fingerprint density at radius 2 is 1.03 bits per heavy atom. The van der Waals surface area contributed by atoms with E-state index in [0.29, 0.717) is 22.6 Å². The summed E-state index contributed by atoms with van der Waals surface area (Å²) in [6.07, 6.45) is 1.46. The van der Waals surface area contributed by atoms with Gasteiger partial charge in [-0.25, -0.2) is 15.0 Å². The van der Waals surface area contributed by atoms with Crippen LogP contribution in [0.4, 0.5) is 0 Å². The van der Waals surface area contributed by atoms with E-state index in [1.165, 1.54) is 18.1 Å². The molecule has 10 rings (SSSR count). The molecule has 3 heterocycles. The van der Waals surface area contributed by atoms with Crippen molar-refractivity contribution >= 4 is 22.9 Å². The molecule has 13 heteroatoms. The Morgan fingerprint density at radius 3 is 1.51 bits per heavy atom. The molecular weight excluding hydrogens is 925 g/mol. The third-order valence-corrected chi connectivity index (χ3v) is 14.2. The first-order chi connectivity index (χ1) is 35.3. The van der Waals surface area contributed by atoms with Crippen LogP contribution < -0.4 is 18.9 Å². The molecule has 1 aliphatic heterocycles. The molecule has 0 saturated carbocycles. The van der Waals surface area contributed by atoms with E-state index in [1.807, 2.05) is 138 Å². The Hall–Kier alpha value is -7.52. The molecule has 0 bridgehead atoms. The first kappa shape index (κ1) is 48.1. The van der Waals surface area contributed by atoms with Crippen molar-refractivity contribution in [2.45, 2.75) is 52.6 Å². The zero-order chi connectivity index (χ0) is 49.5. The van der Waals surface area contributed by atoms with Crippen molar-refractivity contribution in [2.24, 2.45) is 0 Å². The largest absolute Gasteiger partial charge is 0.497 e. The molecule has 0 unspecified atom stereocenters. The fourth-order valence-electron chi connectivity index (χ4n) is 9.51. The van der Waals surface area contributed by atoms with Crippen molar-refractivity contribution in [3.8, 4) is 23.0 Å². The Labute approximate surface area is 423 Å². The van der Waals surface area contributed by atoms with E-state index in [-0.39, 0.29) is 13.2 Å². The molecule has 9 aromatic rings. The van der Waals surface area contributed by atoms with Gasteiger partial charge in [-0.2, -0.15) is 0 Å². The maximum atomic E-state index is 11.7. The summed E-state index contributed by atoms with van der Waals surface area (Å²) in [5.74, 6) is 2.96. The minimum Gasteiger partial charge on any atom is -0.497 e. The first-order valence-electron chi connectivity index (χ1n) is 23.6. The van der Waals surface area contributed by atoms with Crippen LogP contribution in [0.1, 0.15) is 51.6 Å². The second kappa shape index (κ2) is 21.5. The summed E-state index contributed by atoms with van der Waals surface area (Å²) >= 11 is 1.49.